The predicted molar refractivity (Wildman–Crippen MR) is 270 cm³/mol. The molecule has 4 heterocycles. The normalized spacial score (nSPS) is 11.6. The largest absolute Gasteiger partial charge is 0.456 e. The Hall–Kier alpha value is -9.38. The molecule has 13 aromatic rings. The predicted octanol–water partition coefficient (Wildman–Crippen LogP) is 15.0. The Balaban J connectivity index is 0.939. The van der Waals surface area contributed by atoms with Crippen molar-refractivity contribution in [3.63, 3.8) is 0 Å². The molecule has 9 aromatic carbocycles. The molecule has 0 aliphatic carbocycles. The van der Waals surface area contributed by atoms with Crippen molar-refractivity contribution in [1.82, 2.24) is 24.9 Å². The highest BCUT2D eigenvalue weighted by atomic mass is 16.3. The number of fused-ring (bicyclic) bond motifs is 9. The SMILES string of the molecule is N#Cc1ccc(-c2ccc(-c3cc4c5cccnc5c(-c5cccc(-c6nc(-c7ccccc7)nc(-c7ccc8c(c7)oc7ccccc78)n6)c5)cc4c4cccnc34)cc2)c2ccccc12. The first kappa shape index (κ1) is 38.1. The third-order valence-corrected chi connectivity index (χ3v) is 12.9. The second-order valence-electron chi connectivity index (χ2n) is 16.7. The van der Waals surface area contributed by atoms with E-state index in [0.29, 0.717) is 23.0 Å². The number of para-hydroxylation sites is 1. The van der Waals surface area contributed by atoms with Gasteiger partial charge in [-0.05, 0) is 93.0 Å². The van der Waals surface area contributed by atoms with Gasteiger partial charge in [-0.1, -0.05) is 140 Å². The Morgan fingerprint density at radius 1 is 0.328 bits per heavy atom. The number of nitrogens with zero attached hydrogens (tertiary/aromatic N) is 6. The maximum absolute atomic E-state index is 9.77. The maximum Gasteiger partial charge on any atom is 0.164 e. The van der Waals surface area contributed by atoms with E-state index in [2.05, 4.69) is 103 Å². The van der Waals surface area contributed by atoms with Gasteiger partial charge in [0.25, 0.3) is 0 Å². The number of pyridine rings is 2. The van der Waals surface area contributed by atoms with Crippen molar-refractivity contribution in [2.24, 2.45) is 0 Å². The first-order valence-corrected chi connectivity index (χ1v) is 22.1. The zero-order chi connectivity index (χ0) is 44.4. The molecule has 0 saturated carbocycles. The third-order valence-electron chi connectivity index (χ3n) is 12.9. The monoisotopic (exact) mass is 854 g/mol. The van der Waals surface area contributed by atoms with Gasteiger partial charge in [-0.15, -0.1) is 0 Å². The number of rotatable bonds is 6. The Labute approximate surface area is 384 Å². The first-order chi connectivity index (χ1) is 33.1. The molecule has 0 unspecified atom stereocenters. The van der Waals surface area contributed by atoms with Gasteiger partial charge in [-0.3, -0.25) is 9.97 Å². The zero-order valence-electron chi connectivity index (χ0n) is 35.7. The van der Waals surface area contributed by atoms with Crippen LogP contribution in [0.2, 0.25) is 0 Å². The topological polar surface area (TPSA) is 101 Å². The minimum absolute atomic E-state index is 0.557. The first-order valence-electron chi connectivity index (χ1n) is 22.1. The third kappa shape index (κ3) is 6.39. The molecule has 4 aromatic heterocycles. The van der Waals surface area contributed by atoms with Gasteiger partial charge < -0.3 is 4.42 Å². The van der Waals surface area contributed by atoms with Gasteiger partial charge in [0.15, 0.2) is 17.5 Å². The van der Waals surface area contributed by atoms with E-state index in [9.17, 15) is 5.26 Å². The summed E-state index contributed by atoms with van der Waals surface area (Å²) in [6.07, 6.45) is 3.73. The number of hydrogen-bond donors (Lipinski definition) is 0. The fourth-order valence-electron chi connectivity index (χ4n) is 9.66. The average molecular weight is 855 g/mol. The summed E-state index contributed by atoms with van der Waals surface area (Å²) in [7, 11) is 0. The number of nitriles is 1. The van der Waals surface area contributed by atoms with Crippen LogP contribution in [0.3, 0.4) is 0 Å². The fourth-order valence-corrected chi connectivity index (χ4v) is 9.66. The lowest BCUT2D eigenvalue weighted by molar-refractivity contribution is 0.669. The average Bonchev–Trinajstić information content (AvgIpc) is 3.78. The van der Waals surface area contributed by atoms with Crippen LogP contribution >= 0.6 is 0 Å². The van der Waals surface area contributed by atoms with Crippen molar-refractivity contribution in [2.45, 2.75) is 0 Å². The highest BCUT2D eigenvalue weighted by molar-refractivity contribution is 6.22. The highest BCUT2D eigenvalue weighted by Crippen LogP contribution is 2.42. The summed E-state index contributed by atoms with van der Waals surface area (Å²) >= 11 is 0. The molecule has 0 bridgehead atoms. The molecule has 0 aliphatic heterocycles. The van der Waals surface area contributed by atoms with Crippen LogP contribution in [-0.2, 0) is 0 Å². The van der Waals surface area contributed by atoms with Crippen LogP contribution in [0.4, 0.5) is 0 Å². The Kier molecular flexibility index (Phi) is 8.76. The summed E-state index contributed by atoms with van der Waals surface area (Å²) in [4.78, 5) is 25.3. The van der Waals surface area contributed by atoms with E-state index >= 15 is 0 Å². The molecular weight excluding hydrogens is 821 g/mol. The number of benzene rings is 9. The molecule has 0 atom stereocenters. The lowest BCUT2D eigenvalue weighted by Gasteiger charge is -2.16. The molecule has 0 amide bonds. The molecule has 67 heavy (non-hydrogen) atoms. The van der Waals surface area contributed by atoms with Crippen LogP contribution in [0.5, 0.6) is 0 Å². The summed E-state index contributed by atoms with van der Waals surface area (Å²) in [5.74, 6) is 1.70. The standard InChI is InChI=1S/C60H34N6O/c61-35-42-26-27-44(45-16-5-4-15-43(42)45)36-21-23-37(24-22-36)50-33-52-49-19-10-30-63-57(49)51(34-53(52)48-18-9-29-62-56(48)50)39-13-8-14-40(31-39)59-64-58(38-11-2-1-3-12-38)65-60(66-59)41-25-28-47-46-17-6-7-20-54(46)67-55(47)32-41/h1-34H. The zero-order valence-corrected chi connectivity index (χ0v) is 35.7. The number of aromatic nitrogens is 5. The molecule has 0 spiro atoms. The van der Waals surface area contributed by atoms with Gasteiger partial charge in [0.2, 0.25) is 0 Å². The Morgan fingerprint density at radius 3 is 1.55 bits per heavy atom. The summed E-state index contributed by atoms with van der Waals surface area (Å²) < 4.78 is 6.28. The molecule has 7 heteroatoms. The van der Waals surface area contributed by atoms with Crippen molar-refractivity contribution in [1.29, 1.82) is 5.26 Å². The van der Waals surface area contributed by atoms with E-state index in [1.807, 2.05) is 109 Å². The lowest BCUT2D eigenvalue weighted by Crippen LogP contribution is -2.00. The molecule has 13 rings (SSSR count). The molecule has 7 nitrogen and oxygen atoms in total. The highest BCUT2D eigenvalue weighted by Gasteiger charge is 2.19. The fraction of sp³-hybridized carbons (Fsp3) is 0. The van der Waals surface area contributed by atoms with Gasteiger partial charge in [0, 0.05) is 67.1 Å². The molecule has 0 aliphatic rings. The summed E-state index contributed by atoms with van der Waals surface area (Å²) in [5, 5.41) is 18.2. The van der Waals surface area contributed by atoms with E-state index in [1.54, 1.807) is 0 Å². The van der Waals surface area contributed by atoms with E-state index in [0.717, 1.165) is 115 Å². The van der Waals surface area contributed by atoms with Crippen LogP contribution in [-0.4, -0.2) is 24.9 Å². The lowest BCUT2D eigenvalue weighted by atomic mass is 9.90. The second-order valence-corrected chi connectivity index (χ2v) is 16.7. The minimum Gasteiger partial charge on any atom is -0.456 e. The molecule has 0 fully saturated rings. The summed E-state index contributed by atoms with van der Waals surface area (Å²) in [6, 6.07) is 68.6. The number of furan rings is 1. The van der Waals surface area contributed by atoms with Gasteiger partial charge in [-0.2, -0.15) is 5.26 Å². The maximum atomic E-state index is 9.77. The molecule has 0 N–H and O–H groups in total. The molecular formula is C60H34N6O. The molecule has 0 saturated heterocycles. The van der Waals surface area contributed by atoms with Gasteiger partial charge in [-0.25, -0.2) is 15.0 Å². The Bertz CT molecular complexity index is 4170. The van der Waals surface area contributed by atoms with Crippen LogP contribution in [0.15, 0.2) is 211 Å². The summed E-state index contributed by atoms with van der Waals surface area (Å²) in [6.45, 7) is 0. The van der Waals surface area contributed by atoms with E-state index < -0.39 is 0 Å². The van der Waals surface area contributed by atoms with Crippen molar-refractivity contribution in [2.75, 3.05) is 0 Å². The van der Waals surface area contributed by atoms with Crippen molar-refractivity contribution in [3.8, 4) is 73.6 Å². The van der Waals surface area contributed by atoms with E-state index in [4.69, 9.17) is 29.3 Å². The number of hydrogen-bond acceptors (Lipinski definition) is 7. The van der Waals surface area contributed by atoms with E-state index in [1.165, 1.54) is 0 Å². The van der Waals surface area contributed by atoms with Crippen molar-refractivity contribution >= 4 is 65.3 Å². The second kappa shape index (κ2) is 15.4. The van der Waals surface area contributed by atoms with Crippen LogP contribution in [0.25, 0.3) is 133 Å². The minimum atomic E-state index is 0.557. The van der Waals surface area contributed by atoms with Crippen LogP contribution in [0, 0.1) is 11.3 Å². The van der Waals surface area contributed by atoms with Gasteiger partial charge >= 0.3 is 0 Å². The van der Waals surface area contributed by atoms with E-state index in [-0.39, 0.29) is 0 Å². The molecule has 310 valence electrons. The smallest absolute Gasteiger partial charge is 0.164 e. The van der Waals surface area contributed by atoms with Crippen LogP contribution in [0.1, 0.15) is 5.56 Å². The van der Waals surface area contributed by atoms with Crippen LogP contribution < -0.4 is 0 Å². The van der Waals surface area contributed by atoms with Gasteiger partial charge in [0.05, 0.1) is 22.7 Å². The Morgan fingerprint density at radius 2 is 0.851 bits per heavy atom. The quantitative estimate of drug-likeness (QED) is 0.154. The van der Waals surface area contributed by atoms with Crippen molar-refractivity contribution in [3.05, 3.63) is 212 Å². The van der Waals surface area contributed by atoms with Gasteiger partial charge in [0.1, 0.15) is 11.2 Å². The summed E-state index contributed by atoms with van der Waals surface area (Å²) in [5.41, 5.74) is 12.9. The molecule has 0 radical (unpaired) electrons. The van der Waals surface area contributed by atoms with Crippen molar-refractivity contribution < 1.29 is 4.42 Å².